The zero-order valence-corrected chi connectivity index (χ0v) is 13.9. The highest BCUT2D eigenvalue weighted by molar-refractivity contribution is 9.10. The van der Waals surface area contributed by atoms with E-state index in [0.717, 1.165) is 23.1 Å². The Hall–Kier alpha value is -1.10. The molecule has 0 aromatic heterocycles. The van der Waals surface area contributed by atoms with E-state index in [1.165, 1.54) is 5.56 Å². The van der Waals surface area contributed by atoms with Gasteiger partial charge in [0.25, 0.3) is 0 Å². The van der Waals surface area contributed by atoms with Crippen molar-refractivity contribution in [3.63, 3.8) is 0 Å². The highest BCUT2D eigenvalue weighted by Gasteiger charge is 2.03. The fourth-order valence-corrected chi connectivity index (χ4v) is 2.66. The van der Waals surface area contributed by atoms with Gasteiger partial charge in [0, 0.05) is 11.0 Å². The van der Waals surface area contributed by atoms with Crippen molar-refractivity contribution in [1.82, 2.24) is 5.32 Å². The maximum Gasteiger partial charge on any atom is 0.170 e. The lowest BCUT2D eigenvalue weighted by atomic mass is 10.1. The number of rotatable bonds is 4. The van der Waals surface area contributed by atoms with Crippen molar-refractivity contribution in [1.29, 1.82) is 0 Å². The maximum absolute atomic E-state index is 6.12. The number of anilines is 1. The molecule has 2 aromatic carbocycles. The first-order valence-electron chi connectivity index (χ1n) is 6.19. The van der Waals surface area contributed by atoms with E-state index < -0.39 is 0 Å². The summed E-state index contributed by atoms with van der Waals surface area (Å²) in [5.41, 5.74) is 2.08. The van der Waals surface area contributed by atoms with Gasteiger partial charge in [-0.15, -0.1) is 0 Å². The van der Waals surface area contributed by atoms with Gasteiger partial charge in [-0.25, -0.2) is 0 Å². The summed E-state index contributed by atoms with van der Waals surface area (Å²) in [6.45, 7) is 0.782. The molecule has 0 bridgehead atoms. The molecular weight excluding hydrogens is 356 g/mol. The summed E-state index contributed by atoms with van der Waals surface area (Å²) in [5, 5.41) is 7.47. The molecular formula is C15H14BrClN2S. The van der Waals surface area contributed by atoms with Crippen LogP contribution in [0.4, 0.5) is 5.69 Å². The Balaban J connectivity index is 1.81. The molecule has 2 aromatic rings. The standard InChI is InChI=1S/C15H14BrClN2S/c16-12-6-7-14(13(17)10-12)19-15(20)18-9-8-11-4-2-1-3-5-11/h1-7,10H,8-9H2,(H2,18,19,20). The maximum atomic E-state index is 6.12. The summed E-state index contributed by atoms with van der Waals surface area (Å²) in [6, 6.07) is 15.9. The van der Waals surface area contributed by atoms with Gasteiger partial charge in [-0.05, 0) is 42.4 Å². The van der Waals surface area contributed by atoms with Crippen LogP contribution in [0.25, 0.3) is 0 Å². The molecule has 0 saturated carbocycles. The van der Waals surface area contributed by atoms with Gasteiger partial charge in [0.05, 0.1) is 10.7 Å². The van der Waals surface area contributed by atoms with Crippen LogP contribution in [0.3, 0.4) is 0 Å². The summed E-state index contributed by atoms with van der Waals surface area (Å²) in [7, 11) is 0. The average Bonchev–Trinajstić information content (AvgIpc) is 2.43. The fraction of sp³-hybridized carbons (Fsp3) is 0.133. The van der Waals surface area contributed by atoms with Gasteiger partial charge < -0.3 is 10.6 Å². The van der Waals surface area contributed by atoms with Crippen molar-refractivity contribution in [2.45, 2.75) is 6.42 Å². The largest absolute Gasteiger partial charge is 0.362 e. The number of hydrogen-bond acceptors (Lipinski definition) is 1. The molecule has 2 nitrogen and oxygen atoms in total. The smallest absolute Gasteiger partial charge is 0.170 e. The lowest BCUT2D eigenvalue weighted by Crippen LogP contribution is -2.30. The van der Waals surface area contributed by atoms with Crippen LogP contribution >= 0.6 is 39.7 Å². The Morgan fingerprint density at radius 3 is 2.60 bits per heavy atom. The van der Waals surface area contributed by atoms with Crippen LogP contribution in [-0.2, 0) is 6.42 Å². The fourth-order valence-electron chi connectivity index (χ4n) is 1.72. The van der Waals surface area contributed by atoms with E-state index >= 15 is 0 Å². The number of nitrogens with one attached hydrogen (secondary N) is 2. The van der Waals surface area contributed by atoms with Crippen molar-refractivity contribution >= 4 is 50.5 Å². The Labute approximate surface area is 137 Å². The quantitative estimate of drug-likeness (QED) is 0.768. The molecule has 0 atom stereocenters. The third-order valence-corrected chi connectivity index (χ3v) is 3.77. The lowest BCUT2D eigenvalue weighted by molar-refractivity contribution is 0.873. The van der Waals surface area contributed by atoms with Gasteiger partial charge in [0.1, 0.15) is 0 Å². The van der Waals surface area contributed by atoms with E-state index in [0.29, 0.717) is 10.1 Å². The summed E-state index contributed by atoms with van der Waals surface area (Å²) in [4.78, 5) is 0. The van der Waals surface area contributed by atoms with Crippen molar-refractivity contribution in [3.8, 4) is 0 Å². The third kappa shape index (κ3) is 4.78. The lowest BCUT2D eigenvalue weighted by Gasteiger charge is -2.12. The zero-order chi connectivity index (χ0) is 14.4. The van der Waals surface area contributed by atoms with Crippen LogP contribution in [0.1, 0.15) is 5.56 Å². The molecule has 0 heterocycles. The second-order valence-electron chi connectivity index (χ2n) is 4.24. The minimum absolute atomic E-state index is 0.574. The van der Waals surface area contributed by atoms with Gasteiger partial charge in [-0.2, -0.15) is 0 Å². The van der Waals surface area contributed by atoms with Crippen LogP contribution in [0, 0.1) is 0 Å². The van der Waals surface area contributed by atoms with Crippen LogP contribution < -0.4 is 10.6 Å². The molecule has 0 aliphatic heterocycles. The molecule has 0 amide bonds. The molecule has 2 rings (SSSR count). The number of hydrogen-bond donors (Lipinski definition) is 2. The minimum Gasteiger partial charge on any atom is -0.362 e. The monoisotopic (exact) mass is 368 g/mol. The molecule has 0 radical (unpaired) electrons. The Morgan fingerprint density at radius 2 is 1.90 bits per heavy atom. The average molecular weight is 370 g/mol. The molecule has 20 heavy (non-hydrogen) atoms. The number of benzene rings is 2. The summed E-state index contributed by atoms with van der Waals surface area (Å²) in [6.07, 6.45) is 0.927. The molecule has 0 fully saturated rings. The highest BCUT2D eigenvalue weighted by Crippen LogP contribution is 2.25. The van der Waals surface area contributed by atoms with Crippen LogP contribution in [0.2, 0.25) is 5.02 Å². The van der Waals surface area contributed by atoms with Crippen LogP contribution in [-0.4, -0.2) is 11.7 Å². The molecule has 5 heteroatoms. The first kappa shape index (κ1) is 15.3. The van der Waals surface area contributed by atoms with E-state index in [4.69, 9.17) is 23.8 Å². The Bertz CT molecular complexity index is 590. The van der Waals surface area contributed by atoms with E-state index in [9.17, 15) is 0 Å². The molecule has 0 unspecified atom stereocenters. The summed E-state index contributed by atoms with van der Waals surface area (Å²) < 4.78 is 0.941. The Morgan fingerprint density at radius 1 is 1.15 bits per heavy atom. The Kier molecular flexibility index (Phi) is 5.83. The van der Waals surface area contributed by atoms with Crippen molar-refractivity contribution in [3.05, 3.63) is 63.6 Å². The zero-order valence-electron chi connectivity index (χ0n) is 10.7. The van der Waals surface area contributed by atoms with Gasteiger partial charge in [0.2, 0.25) is 0 Å². The van der Waals surface area contributed by atoms with E-state index in [2.05, 4.69) is 38.7 Å². The second kappa shape index (κ2) is 7.62. The third-order valence-electron chi connectivity index (χ3n) is 2.72. The normalized spacial score (nSPS) is 10.1. The topological polar surface area (TPSA) is 24.1 Å². The molecule has 104 valence electrons. The van der Waals surface area contributed by atoms with Crippen molar-refractivity contribution in [2.75, 3.05) is 11.9 Å². The van der Waals surface area contributed by atoms with Gasteiger partial charge in [0.15, 0.2) is 5.11 Å². The molecule has 0 aliphatic rings. The van der Waals surface area contributed by atoms with E-state index in [1.807, 2.05) is 36.4 Å². The van der Waals surface area contributed by atoms with Crippen molar-refractivity contribution < 1.29 is 0 Å². The highest BCUT2D eigenvalue weighted by atomic mass is 79.9. The first-order chi connectivity index (χ1) is 9.65. The molecule has 0 spiro atoms. The number of halogens is 2. The predicted molar refractivity (Wildman–Crippen MR) is 93.5 cm³/mol. The van der Waals surface area contributed by atoms with Crippen molar-refractivity contribution in [2.24, 2.45) is 0 Å². The molecule has 0 aliphatic carbocycles. The SMILES string of the molecule is S=C(NCCc1ccccc1)Nc1ccc(Br)cc1Cl. The molecule has 2 N–H and O–H groups in total. The van der Waals surface area contributed by atoms with Gasteiger partial charge in [-0.1, -0.05) is 57.9 Å². The van der Waals surface area contributed by atoms with Crippen LogP contribution in [0.15, 0.2) is 53.0 Å². The van der Waals surface area contributed by atoms with Crippen LogP contribution in [0.5, 0.6) is 0 Å². The van der Waals surface area contributed by atoms with E-state index in [1.54, 1.807) is 0 Å². The predicted octanol–water partition coefficient (Wildman–Crippen LogP) is 4.63. The summed E-state index contributed by atoms with van der Waals surface area (Å²) >= 11 is 14.7. The molecule has 0 saturated heterocycles. The minimum atomic E-state index is 0.574. The second-order valence-corrected chi connectivity index (χ2v) is 5.97. The van der Waals surface area contributed by atoms with E-state index in [-0.39, 0.29) is 0 Å². The summed E-state index contributed by atoms with van der Waals surface area (Å²) in [5.74, 6) is 0. The first-order valence-corrected chi connectivity index (χ1v) is 7.77. The number of thiocarbonyl (C=S) groups is 1. The van der Waals surface area contributed by atoms with Gasteiger partial charge >= 0.3 is 0 Å². The van der Waals surface area contributed by atoms with Gasteiger partial charge in [-0.3, -0.25) is 0 Å².